The molecule has 2 amide bonds. The number of hydrogen-bond donors (Lipinski definition) is 2. The molecule has 0 unspecified atom stereocenters. The molecule has 0 atom stereocenters. The summed E-state index contributed by atoms with van der Waals surface area (Å²) in [6, 6.07) is 10.4. The van der Waals surface area contributed by atoms with Crippen LogP contribution in [-0.2, 0) is 16.1 Å². The minimum atomic E-state index is -0.746. The molecule has 0 saturated heterocycles. The van der Waals surface area contributed by atoms with Gasteiger partial charge in [0.15, 0.2) is 0 Å². The van der Waals surface area contributed by atoms with Crippen LogP contribution >= 0.6 is 0 Å². The SMILES string of the molecule is CCOC(=O)c1cc(C(=O)NCc2cccc(NC(=O)C(C)C)c2)cc([N+](=O)[O-])c1. The fraction of sp³-hybridized carbons (Fsp3) is 0.286. The van der Waals surface area contributed by atoms with Crippen LogP contribution in [0.2, 0.25) is 0 Å². The lowest BCUT2D eigenvalue weighted by atomic mass is 10.1. The second-order valence-electron chi connectivity index (χ2n) is 6.77. The summed E-state index contributed by atoms with van der Waals surface area (Å²) >= 11 is 0. The molecule has 9 nitrogen and oxygen atoms in total. The molecule has 0 fully saturated rings. The first-order chi connectivity index (χ1) is 14.2. The van der Waals surface area contributed by atoms with Gasteiger partial charge in [0, 0.05) is 35.8 Å². The zero-order valence-corrected chi connectivity index (χ0v) is 16.9. The Morgan fingerprint density at radius 3 is 2.43 bits per heavy atom. The van der Waals surface area contributed by atoms with E-state index < -0.39 is 16.8 Å². The van der Waals surface area contributed by atoms with Crippen molar-refractivity contribution in [3.63, 3.8) is 0 Å². The highest BCUT2D eigenvalue weighted by molar-refractivity contribution is 5.99. The maximum Gasteiger partial charge on any atom is 0.338 e. The van der Waals surface area contributed by atoms with Crippen LogP contribution in [0.4, 0.5) is 11.4 Å². The van der Waals surface area contributed by atoms with E-state index in [4.69, 9.17) is 4.74 Å². The van der Waals surface area contributed by atoms with Gasteiger partial charge in [-0.3, -0.25) is 19.7 Å². The molecule has 0 bridgehead atoms. The Kier molecular flexibility index (Phi) is 7.62. The van der Waals surface area contributed by atoms with Crippen LogP contribution in [0, 0.1) is 16.0 Å². The van der Waals surface area contributed by atoms with Crippen molar-refractivity contribution in [2.75, 3.05) is 11.9 Å². The highest BCUT2D eigenvalue weighted by atomic mass is 16.6. The Morgan fingerprint density at radius 1 is 1.10 bits per heavy atom. The first-order valence-corrected chi connectivity index (χ1v) is 9.35. The molecule has 0 radical (unpaired) electrons. The lowest BCUT2D eigenvalue weighted by Crippen LogP contribution is -2.23. The van der Waals surface area contributed by atoms with E-state index in [1.54, 1.807) is 45.0 Å². The third-order valence-electron chi connectivity index (χ3n) is 4.07. The van der Waals surface area contributed by atoms with Crippen molar-refractivity contribution >= 4 is 29.2 Å². The molecule has 0 aromatic heterocycles. The number of carbonyl (C=O) groups excluding carboxylic acids is 3. The molecule has 0 heterocycles. The molecular weight excluding hydrogens is 390 g/mol. The Morgan fingerprint density at radius 2 is 1.80 bits per heavy atom. The van der Waals surface area contributed by atoms with Gasteiger partial charge in [0.2, 0.25) is 5.91 Å². The van der Waals surface area contributed by atoms with Gasteiger partial charge in [-0.2, -0.15) is 0 Å². The van der Waals surface area contributed by atoms with E-state index in [9.17, 15) is 24.5 Å². The van der Waals surface area contributed by atoms with E-state index in [0.717, 1.165) is 17.7 Å². The van der Waals surface area contributed by atoms with Gasteiger partial charge >= 0.3 is 5.97 Å². The molecule has 0 aliphatic carbocycles. The standard InChI is InChI=1S/C21H23N3O6/c1-4-30-21(27)16-9-15(10-18(11-16)24(28)29)20(26)22-12-14-6-5-7-17(8-14)23-19(25)13(2)3/h5-11,13H,4,12H2,1-3H3,(H,22,26)(H,23,25). The van der Waals surface area contributed by atoms with Crippen molar-refractivity contribution in [3.8, 4) is 0 Å². The van der Waals surface area contributed by atoms with Crippen LogP contribution in [0.3, 0.4) is 0 Å². The lowest BCUT2D eigenvalue weighted by molar-refractivity contribution is -0.384. The normalized spacial score (nSPS) is 10.4. The topological polar surface area (TPSA) is 128 Å². The predicted octanol–water partition coefficient (Wildman–Crippen LogP) is 3.30. The molecule has 0 aliphatic heterocycles. The quantitative estimate of drug-likeness (QED) is 0.388. The number of nitrogens with zero attached hydrogens (tertiary/aromatic N) is 1. The molecule has 158 valence electrons. The zero-order chi connectivity index (χ0) is 22.3. The van der Waals surface area contributed by atoms with Crippen molar-refractivity contribution in [1.29, 1.82) is 0 Å². The smallest absolute Gasteiger partial charge is 0.338 e. The van der Waals surface area contributed by atoms with E-state index in [-0.39, 0.29) is 41.8 Å². The summed E-state index contributed by atoms with van der Waals surface area (Å²) in [5, 5.41) is 16.6. The number of ether oxygens (including phenoxy) is 1. The lowest BCUT2D eigenvalue weighted by Gasteiger charge is -2.10. The largest absolute Gasteiger partial charge is 0.462 e. The first-order valence-electron chi connectivity index (χ1n) is 9.35. The minimum absolute atomic E-state index is 0.0310. The van der Waals surface area contributed by atoms with Crippen molar-refractivity contribution in [3.05, 3.63) is 69.3 Å². The fourth-order valence-electron chi connectivity index (χ4n) is 2.51. The predicted molar refractivity (Wildman–Crippen MR) is 110 cm³/mol. The molecule has 2 rings (SSSR count). The molecule has 2 N–H and O–H groups in total. The van der Waals surface area contributed by atoms with E-state index >= 15 is 0 Å². The number of nitro benzene ring substituents is 1. The third-order valence-corrected chi connectivity index (χ3v) is 4.07. The highest BCUT2D eigenvalue weighted by Gasteiger charge is 2.18. The number of non-ortho nitro benzene ring substituents is 1. The maximum atomic E-state index is 12.5. The second-order valence-corrected chi connectivity index (χ2v) is 6.77. The molecule has 30 heavy (non-hydrogen) atoms. The number of nitro groups is 1. The molecule has 0 spiro atoms. The number of nitrogens with one attached hydrogen (secondary N) is 2. The molecule has 2 aromatic carbocycles. The Hall–Kier alpha value is -3.75. The summed E-state index contributed by atoms with van der Waals surface area (Å²) in [6.07, 6.45) is 0. The number of esters is 1. The van der Waals surface area contributed by atoms with Crippen molar-refractivity contribution in [2.45, 2.75) is 27.3 Å². The Balaban J connectivity index is 2.15. The summed E-state index contributed by atoms with van der Waals surface area (Å²) < 4.78 is 4.86. The van der Waals surface area contributed by atoms with Gasteiger partial charge in [-0.25, -0.2) is 4.79 Å². The van der Waals surface area contributed by atoms with Crippen LogP contribution < -0.4 is 10.6 Å². The van der Waals surface area contributed by atoms with Crippen LogP contribution in [0.25, 0.3) is 0 Å². The number of hydrogen-bond acceptors (Lipinski definition) is 6. The number of amides is 2. The van der Waals surface area contributed by atoms with Crippen LogP contribution in [0.15, 0.2) is 42.5 Å². The van der Waals surface area contributed by atoms with Gasteiger partial charge in [-0.15, -0.1) is 0 Å². The summed E-state index contributed by atoms with van der Waals surface area (Å²) in [5.74, 6) is -1.63. The van der Waals surface area contributed by atoms with E-state index in [0.29, 0.717) is 5.69 Å². The molecule has 9 heteroatoms. The second kappa shape index (κ2) is 10.1. The average molecular weight is 413 g/mol. The molecule has 0 aliphatic rings. The van der Waals surface area contributed by atoms with Crippen LogP contribution in [0.1, 0.15) is 47.1 Å². The van der Waals surface area contributed by atoms with Crippen molar-refractivity contribution in [1.82, 2.24) is 5.32 Å². The minimum Gasteiger partial charge on any atom is -0.462 e. The molecule has 0 saturated carbocycles. The van der Waals surface area contributed by atoms with E-state index in [1.807, 2.05) is 0 Å². The fourth-order valence-corrected chi connectivity index (χ4v) is 2.51. The maximum absolute atomic E-state index is 12.5. The van der Waals surface area contributed by atoms with Gasteiger partial charge < -0.3 is 15.4 Å². The van der Waals surface area contributed by atoms with Gasteiger partial charge in [0.1, 0.15) is 0 Å². The third kappa shape index (κ3) is 6.13. The van der Waals surface area contributed by atoms with Gasteiger partial charge in [0.05, 0.1) is 17.1 Å². The molecule has 2 aromatic rings. The van der Waals surface area contributed by atoms with Gasteiger partial charge in [-0.1, -0.05) is 26.0 Å². The number of carbonyl (C=O) groups is 3. The summed E-state index contributed by atoms with van der Waals surface area (Å²) in [5.41, 5.74) is 0.830. The van der Waals surface area contributed by atoms with Gasteiger partial charge in [0.25, 0.3) is 11.6 Å². The average Bonchev–Trinajstić information content (AvgIpc) is 2.72. The number of benzene rings is 2. The number of rotatable bonds is 8. The number of anilines is 1. The van der Waals surface area contributed by atoms with Crippen LogP contribution in [0.5, 0.6) is 0 Å². The summed E-state index contributed by atoms with van der Waals surface area (Å²) in [6.45, 7) is 5.40. The van der Waals surface area contributed by atoms with E-state index in [2.05, 4.69) is 10.6 Å². The Labute approximate surface area is 173 Å². The highest BCUT2D eigenvalue weighted by Crippen LogP contribution is 2.19. The van der Waals surface area contributed by atoms with Crippen LogP contribution in [-0.4, -0.2) is 29.3 Å². The van der Waals surface area contributed by atoms with Crippen molar-refractivity contribution < 1.29 is 24.0 Å². The molecular formula is C21H23N3O6. The monoisotopic (exact) mass is 413 g/mol. The van der Waals surface area contributed by atoms with Gasteiger partial charge in [-0.05, 0) is 30.7 Å². The zero-order valence-electron chi connectivity index (χ0n) is 16.9. The summed E-state index contributed by atoms with van der Waals surface area (Å²) in [4.78, 5) is 46.7. The first kappa shape index (κ1) is 22.5. The van der Waals surface area contributed by atoms with E-state index in [1.165, 1.54) is 6.07 Å². The van der Waals surface area contributed by atoms with Crippen molar-refractivity contribution in [2.24, 2.45) is 5.92 Å². The summed E-state index contributed by atoms with van der Waals surface area (Å²) in [7, 11) is 0. The Bertz CT molecular complexity index is 971.